The van der Waals surface area contributed by atoms with E-state index < -0.39 is 31.9 Å². The fourth-order valence-electron chi connectivity index (χ4n) is 1.66. The van der Waals surface area contributed by atoms with Gasteiger partial charge in [-0.05, 0) is 32.6 Å². The third-order valence-corrected chi connectivity index (χ3v) is 2.67. The van der Waals surface area contributed by atoms with E-state index in [0.717, 1.165) is 5.57 Å². The maximum Gasteiger partial charge on any atom is 0.411 e. The van der Waals surface area contributed by atoms with Crippen molar-refractivity contribution < 1.29 is 35.8 Å². The van der Waals surface area contributed by atoms with Crippen LogP contribution in [-0.2, 0) is 9.47 Å². The summed E-state index contributed by atoms with van der Waals surface area (Å²) in [7, 11) is 0. The van der Waals surface area contributed by atoms with Crippen molar-refractivity contribution in [1.82, 2.24) is 0 Å². The second-order valence-corrected chi connectivity index (χ2v) is 5.48. The summed E-state index contributed by atoms with van der Waals surface area (Å²) in [4.78, 5) is 0. The minimum Gasteiger partial charge on any atom is -0.343 e. The summed E-state index contributed by atoms with van der Waals surface area (Å²) in [5.74, 6) is -0.123. The number of hydrogen-bond acceptors (Lipinski definition) is 2. The molecule has 0 aliphatic rings. The highest BCUT2D eigenvalue weighted by atomic mass is 19.4. The molecular weight excluding hydrogens is 314 g/mol. The Hall–Kier alpha value is -0.760. The maximum absolute atomic E-state index is 12.1. The molecule has 0 saturated carbocycles. The van der Waals surface area contributed by atoms with E-state index in [0.29, 0.717) is 12.8 Å². The van der Waals surface area contributed by atoms with Crippen LogP contribution in [0.15, 0.2) is 11.6 Å². The standard InChI is InChI=1S/C14H22F6O2/c1-10(2)5-4-6-11(3)7-12(21-8-13(15,16)17)22-9-14(18,19)20/h5,11-12H,4,6-9H2,1-3H3/t11-/m1/s1. The van der Waals surface area contributed by atoms with Crippen LogP contribution in [0.3, 0.4) is 0 Å². The average Bonchev–Trinajstić information content (AvgIpc) is 2.30. The van der Waals surface area contributed by atoms with Crippen molar-refractivity contribution in [2.75, 3.05) is 13.2 Å². The van der Waals surface area contributed by atoms with Crippen molar-refractivity contribution in [2.45, 2.75) is 58.7 Å². The molecule has 0 aliphatic carbocycles. The summed E-state index contributed by atoms with van der Waals surface area (Å²) < 4.78 is 81.5. The molecule has 0 radical (unpaired) electrons. The summed E-state index contributed by atoms with van der Waals surface area (Å²) in [6.45, 7) is 2.30. The van der Waals surface area contributed by atoms with Gasteiger partial charge in [0.15, 0.2) is 6.29 Å². The number of allylic oxidation sites excluding steroid dienone is 2. The zero-order valence-corrected chi connectivity index (χ0v) is 12.9. The number of halogens is 6. The van der Waals surface area contributed by atoms with E-state index in [4.69, 9.17) is 0 Å². The van der Waals surface area contributed by atoms with E-state index in [1.807, 2.05) is 19.9 Å². The monoisotopic (exact) mass is 336 g/mol. The highest BCUT2D eigenvalue weighted by Gasteiger charge is 2.33. The van der Waals surface area contributed by atoms with Gasteiger partial charge in [-0.15, -0.1) is 0 Å². The average molecular weight is 336 g/mol. The Labute approximate surface area is 126 Å². The Morgan fingerprint density at radius 2 is 1.41 bits per heavy atom. The van der Waals surface area contributed by atoms with Gasteiger partial charge in [0.1, 0.15) is 13.2 Å². The molecule has 0 aromatic heterocycles. The molecule has 0 spiro atoms. The van der Waals surface area contributed by atoms with Crippen LogP contribution < -0.4 is 0 Å². The summed E-state index contributed by atoms with van der Waals surface area (Å²) in [5.41, 5.74) is 1.10. The van der Waals surface area contributed by atoms with Gasteiger partial charge in [-0.25, -0.2) is 0 Å². The smallest absolute Gasteiger partial charge is 0.343 e. The molecule has 0 bridgehead atoms. The Bertz CT molecular complexity index is 313. The van der Waals surface area contributed by atoms with Crippen LogP contribution >= 0.6 is 0 Å². The van der Waals surface area contributed by atoms with Crippen molar-refractivity contribution in [1.29, 1.82) is 0 Å². The molecule has 0 rings (SSSR count). The molecular formula is C14H22F6O2. The first-order chi connectivity index (χ1) is 9.89. The predicted octanol–water partition coefficient (Wildman–Crippen LogP) is 5.24. The minimum atomic E-state index is -4.61. The first-order valence-electron chi connectivity index (χ1n) is 6.89. The quantitative estimate of drug-likeness (QED) is 0.325. The maximum atomic E-state index is 12.1. The lowest BCUT2D eigenvalue weighted by molar-refractivity contribution is -0.262. The lowest BCUT2D eigenvalue weighted by atomic mass is 10.0. The molecule has 0 N–H and O–H groups in total. The first kappa shape index (κ1) is 21.2. The lowest BCUT2D eigenvalue weighted by Gasteiger charge is -2.23. The molecule has 8 heteroatoms. The van der Waals surface area contributed by atoms with Crippen LogP contribution in [0, 0.1) is 5.92 Å². The minimum absolute atomic E-state index is 0.0250. The number of alkyl halides is 6. The third kappa shape index (κ3) is 14.2. The van der Waals surface area contributed by atoms with Gasteiger partial charge in [-0.3, -0.25) is 0 Å². The second-order valence-electron chi connectivity index (χ2n) is 5.48. The highest BCUT2D eigenvalue weighted by molar-refractivity contribution is 4.92. The second kappa shape index (κ2) is 9.39. The fourth-order valence-corrected chi connectivity index (χ4v) is 1.66. The topological polar surface area (TPSA) is 18.5 Å². The molecule has 0 unspecified atom stereocenters. The third-order valence-electron chi connectivity index (χ3n) is 2.67. The summed E-state index contributed by atoms with van der Waals surface area (Å²) in [6.07, 6.45) is -7.47. The molecule has 1 atom stereocenters. The molecule has 0 aromatic carbocycles. The van der Waals surface area contributed by atoms with Gasteiger partial charge in [-0.1, -0.05) is 18.6 Å². The van der Waals surface area contributed by atoms with Gasteiger partial charge in [0.25, 0.3) is 0 Å². The SMILES string of the molecule is CC(C)=CCC[C@@H](C)CC(OCC(F)(F)F)OCC(F)(F)F. The van der Waals surface area contributed by atoms with Gasteiger partial charge >= 0.3 is 12.4 Å². The largest absolute Gasteiger partial charge is 0.411 e. The van der Waals surface area contributed by atoms with Crippen LogP contribution in [0.2, 0.25) is 0 Å². The number of hydrogen-bond donors (Lipinski definition) is 0. The predicted molar refractivity (Wildman–Crippen MR) is 70.2 cm³/mol. The molecule has 22 heavy (non-hydrogen) atoms. The van der Waals surface area contributed by atoms with Gasteiger partial charge < -0.3 is 9.47 Å². The van der Waals surface area contributed by atoms with Crippen LogP contribution in [-0.4, -0.2) is 31.9 Å². The molecule has 132 valence electrons. The van der Waals surface area contributed by atoms with E-state index in [-0.39, 0.29) is 12.3 Å². The number of ether oxygens (including phenoxy) is 2. The van der Waals surface area contributed by atoms with Crippen molar-refractivity contribution in [2.24, 2.45) is 5.92 Å². The van der Waals surface area contributed by atoms with E-state index in [1.54, 1.807) is 6.92 Å². The normalized spacial score (nSPS) is 14.3. The van der Waals surface area contributed by atoms with E-state index >= 15 is 0 Å². The van der Waals surface area contributed by atoms with Crippen LogP contribution in [0.4, 0.5) is 26.3 Å². The number of rotatable bonds is 9. The Balaban J connectivity index is 4.40. The van der Waals surface area contributed by atoms with Gasteiger partial charge in [0.05, 0.1) is 0 Å². The van der Waals surface area contributed by atoms with Crippen molar-refractivity contribution in [3.8, 4) is 0 Å². The van der Waals surface area contributed by atoms with E-state index in [9.17, 15) is 26.3 Å². The molecule has 2 nitrogen and oxygen atoms in total. The van der Waals surface area contributed by atoms with Crippen molar-refractivity contribution >= 4 is 0 Å². The molecule has 0 saturated heterocycles. The van der Waals surface area contributed by atoms with E-state index in [2.05, 4.69) is 9.47 Å². The zero-order chi connectivity index (χ0) is 17.4. The van der Waals surface area contributed by atoms with Gasteiger partial charge in [0.2, 0.25) is 0 Å². The fraction of sp³-hybridized carbons (Fsp3) is 0.857. The molecule has 0 aliphatic heterocycles. The molecule has 0 aromatic rings. The van der Waals surface area contributed by atoms with Gasteiger partial charge in [-0.2, -0.15) is 26.3 Å². The first-order valence-corrected chi connectivity index (χ1v) is 6.89. The Kier molecular flexibility index (Phi) is 9.07. The Morgan fingerprint density at radius 3 is 1.77 bits per heavy atom. The van der Waals surface area contributed by atoms with Crippen molar-refractivity contribution in [3.63, 3.8) is 0 Å². The zero-order valence-electron chi connectivity index (χ0n) is 12.9. The molecule has 0 heterocycles. The summed E-state index contributed by atoms with van der Waals surface area (Å²) in [6, 6.07) is 0. The molecule has 0 amide bonds. The Morgan fingerprint density at radius 1 is 0.955 bits per heavy atom. The van der Waals surface area contributed by atoms with Crippen LogP contribution in [0.25, 0.3) is 0 Å². The highest BCUT2D eigenvalue weighted by Crippen LogP contribution is 2.23. The van der Waals surface area contributed by atoms with Gasteiger partial charge in [0, 0.05) is 6.42 Å². The lowest BCUT2D eigenvalue weighted by Crippen LogP contribution is -2.30. The summed E-state index contributed by atoms with van der Waals surface area (Å²) in [5, 5.41) is 0. The van der Waals surface area contributed by atoms with Crippen LogP contribution in [0.1, 0.15) is 40.0 Å². The summed E-state index contributed by atoms with van der Waals surface area (Å²) >= 11 is 0. The van der Waals surface area contributed by atoms with Crippen molar-refractivity contribution in [3.05, 3.63) is 11.6 Å². The van der Waals surface area contributed by atoms with Crippen LogP contribution in [0.5, 0.6) is 0 Å². The van der Waals surface area contributed by atoms with E-state index in [1.165, 1.54) is 0 Å². The molecule has 0 fully saturated rings.